The normalized spacial score (nSPS) is 19.7. The van der Waals surface area contributed by atoms with Crippen molar-refractivity contribution in [1.82, 2.24) is 9.62 Å². The Morgan fingerprint density at radius 2 is 1.74 bits per heavy atom. The summed E-state index contributed by atoms with van der Waals surface area (Å²) in [5.41, 5.74) is -0.921. The van der Waals surface area contributed by atoms with Crippen LogP contribution in [0.3, 0.4) is 0 Å². The van der Waals surface area contributed by atoms with Crippen molar-refractivity contribution in [3.8, 4) is 0 Å². The smallest absolute Gasteiger partial charge is 0.243 e. The molecule has 2 rings (SSSR count). The van der Waals surface area contributed by atoms with Gasteiger partial charge in [0.1, 0.15) is 0 Å². The van der Waals surface area contributed by atoms with Gasteiger partial charge < -0.3 is 10.4 Å². The van der Waals surface area contributed by atoms with Gasteiger partial charge in [-0.25, -0.2) is 8.42 Å². The van der Waals surface area contributed by atoms with E-state index in [1.165, 1.54) is 4.31 Å². The monoisotopic (exact) mass is 404 g/mol. The van der Waals surface area contributed by atoms with Crippen LogP contribution in [0.15, 0.2) is 33.6 Å². The summed E-state index contributed by atoms with van der Waals surface area (Å²) < 4.78 is 27.6. The first-order valence-corrected chi connectivity index (χ1v) is 9.98. The number of sulfonamides is 1. The third-order valence-corrected chi connectivity index (χ3v) is 6.49. The predicted octanol–water partition coefficient (Wildman–Crippen LogP) is 2.35. The van der Waals surface area contributed by atoms with Crippen molar-refractivity contribution in [2.24, 2.45) is 0 Å². The lowest BCUT2D eigenvalue weighted by Gasteiger charge is -2.39. The van der Waals surface area contributed by atoms with Crippen LogP contribution in [-0.4, -0.2) is 48.6 Å². The van der Waals surface area contributed by atoms with E-state index >= 15 is 0 Å². The quantitative estimate of drug-likeness (QED) is 0.807. The fourth-order valence-electron chi connectivity index (χ4n) is 2.50. The van der Waals surface area contributed by atoms with Crippen LogP contribution in [-0.2, 0) is 10.0 Å². The lowest BCUT2D eigenvalue weighted by atomic mass is 9.91. The van der Waals surface area contributed by atoms with Crippen molar-refractivity contribution in [3.63, 3.8) is 0 Å². The number of aliphatic hydroxyl groups is 1. The molecule has 130 valence electrons. The summed E-state index contributed by atoms with van der Waals surface area (Å²) in [4.78, 5) is 0.291. The molecule has 0 unspecified atom stereocenters. The van der Waals surface area contributed by atoms with E-state index < -0.39 is 15.6 Å². The molecule has 2 N–H and O–H groups in total. The molecule has 5 nitrogen and oxygen atoms in total. The largest absolute Gasteiger partial charge is 0.388 e. The summed E-state index contributed by atoms with van der Waals surface area (Å²) in [6.07, 6.45) is 0.873. The highest BCUT2D eigenvalue weighted by Crippen LogP contribution is 2.27. The Kier molecular flexibility index (Phi) is 5.58. The highest BCUT2D eigenvalue weighted by Gasteiger charge is 2.37. The van der Waals surface area contributed by atoms with Crippen molar-refractivity contribution in [3.05, 3.63) is 28.7 Å². The van der Waals surface area contributed by atoms with Gasteiger partial charge in [0.2, 0.25) is 10.0 Å². The van der Waals surface area contributed by atoms with Crippen molar-refractivity contribution < 1.29 is 13.5 Å². The van der Waals surface area contributed by atoms with E-state index in [0.717, 1.165) is 4.47 Å². The molecule has 0 atom stereocenters. The number of hydrogen-bond donors (Lipinski definition) is 2. The molecule has 7 heteroatoms. The molecule has 0 aromatic heterocycles. The minimum Gasteiger partial charge on any atom is -0.388 e. The molecule has 1 aromatic carbocycles. The van der Waals surface area contributed by atoms with Gasteiger partial charge in [0.15, 0.2) is 0 Å². The van der Waals surface area contributed by atoms with Crippen molar-refractivity contribution >= 4 is 26.0 Å². The first-order valence-electron chi connectivity index (χ1n) is 7.75. The molecule has 0 saturated carbocycles. The first kappa shape index (κ1) is 18.9. The standard InChI is InChI=1S/C16H25BrN2O3S/c1-15(2,3)18-12-16(20)8-10-19(11-9-16)23(21,22)14-6-4-13(17)5-7-14/h4-7,18,20H,8-12H2,1-3H3. The molecule has 0 bridgehead atoms. The van der Waals surface area contributed by atoms with Gasteiger partial charge in [-0.3, -0.25) is 0 Å². The van der Waals surface area contributed by atoms with Crippen LogP contribution >= 0.6 is 15.9 Å². The second-order valence-electron chi connectivity index (χ2n) is 7.19. The Morgan fingerprint density at radius 1 is 1.22 bits per heavy atom. The van der Waals surface area contributed by atoms with E-state index in [9.17, 15) is 13.5 Å². The number of benzene rings is 1. The van der Waals surface area contributed by atoms with Crippen LogP contribution < -0.4 is 5.32 Å². The highest BCUT2D eigenvalue weighted by atomic mass is 79.9. The second kappa shape index (κ2) is 6.80. The van der Waals surface area contributed by atoms with Crippen LogP contribution in [0.1, 0.15) is 33.6 Å². The molecule has 23 heavy (non-hydrogen) atoms. The highest BCUT2D eigenvalue weighted by molar-refractivity contribution is 9.10. The van der Waals surface area contributed by atoms with Crippen LogP contribution in [0.4, 0.5) is 0 Å². The van der Waals surface area contributed by atoms with Gasteiger partial charge in [0, 0.05) is 29.6 Å². The number of hydrogen-bond acceptors (Lipinski definition) is 4. The molecule has 0 spiro atoms. The molecule has 0 radical (unpaired) electrons. The van der Waals surface area contributed by atoms with Crippen LogP contribution in [0.2, 0.25) is 0 Å². The van der Waals surface area contributed by atoms with Gasteiger partial charge in [-0.1, -0.05) is 15.9 Å². The Balaban J connectivity index is 2.02. The van der Waals surface area contributed by atoms with Gasteiger partial charge in [-0.15, -0.1) is 0 Å². The molecule has 1 aliphatic rings. The topological polar surface area (TPSA) is 69.6 Å². The Morgan fingerprint density at radius 3 is 2.22 bits per heavy atom. The molecule has 1 heterocycles. The maximum absolute atomic E-state index is 12.6. The number of piperidine rings is 1. The molecular weight excluding hydrogens is 380 g/mol. The number of β-amino-alcohol motifs (C(OH)–C–C–N with tert-alkyl or cyclic N) is 1. The minimum atomic E-state index is -3.49. The minimum absolute atomic E-state index is 0.0730. The molecule has 0 aliphatic carbocycles. The SMILES string of the molecule is CC(C)(C)NCC1(O)CCN(S(=O)(=O)c2ccc(Br)cc2)CC1. The lowest BCUT2D eigenvalue weighted by Crippen LogP contribution is -2.54. The Labute approximate surface area is 147 Å². The maximum atomic E-state index is 12.6. The summed E-state index contributed by atoms with van der Waals surface area (Å²) >= 11 is 3.31. The number of nitrogens with one attached hydrogen (secondary N) is 1. The molecule has 1 saturated heterocycles. The van der Waals surface area contributed by atoms with E-state index in [-0.39, 0.29) is 5.54 Å². The van der Waals surface area contributed by atoms with Crippen LogP contribution in [0, 0.1) is 0 Å². The van der Waals surface area contributed by atoms with Gasteiger partial charge in [0.25, 0.3) is 0 Å². The molecular formula is C16H25BrN2O3S. The van der Waals surface area contributed by atoms with Crippen molar-refractivity contribution in [2.45, 2.75) is 49.6 Å². The average Bonchev–Trinajstić information content (AvgIpc) is 2.46. The third kappa shape index (κ3) is 5.00. The fraction of sp³-hybridized carbons (Fsp3) is 0.625. The summed E-state index contributed by atoms with van der Waals surface area (Å²) in [7, 11) is -3.49. The first-order chi connectivity index (χ1) is 10.5. The van der Waals surface area contributed by atoms with Gasteiger partial charge >= 0.3 is 0 Å². The molecule has 0 amide bonds. The maximum Gasteiger partial charge on any atom is 0.243 e. The number of nitrogens with zero attached hydrogens (tertiary/aromatic N) is 1. The molecule has 1 aliphatic heterocycles. The van der Waals surface area contributed by atoms with Crippen molar-refractivity contribution in [2.75, 3.05) is 19.6 Å². The third-order valence-electron chi connectivity index (χ3n) is 4.05. The summed E-state index contributed by atoms with van der Waals surface area (Å²) in [6, 6.07) is 6.64. The number of halogens is 1. The van der Waals surface area contributed by atoms with E-state index in [0.29, 0.717) is 37.4 Å². The zero-order valence-corrected chi connectivity index (χ0v) is 16.2. The Hall–Kier alpha value is -0.470. The van der Waals surface area contributed by atoms with Gasteiger partial charge in [-0.05, 0) is 57.9 Å². The molecule has 1 fully saturated rings. The second-order valence-corrected chi connectivity index (χ2v) is 10.0. The number of rotatable bonds is 4. The Bertz CT molecular complexity index is 630. The van der Waals surface area contributed by atoms with Gasteiger partial charge in [-0.2, -0.15) is 4.31 Å². The van der Waals surface area contributed by atoms with E-state index in [1.807, 2.05) is 20.8 Å². The predicted molar refractivity (Wildman–Crippen MR) is 94.8 cm³/mol. The summed E-state index contributed by atoms with van der Waals surface area (Å²) in [5.74, 6) is 0. The molecule has 1 aromatic rings. The summed E-state index contributed by atoms with van der Waals surface area (Å²) in [6.45, 7) is 7.28. The van der Waals surface area contributed by atoms with Gasteiger partial charge in [0.05, 0.1) is 10.5 Å². The van der Waals surface area contributed by atoms with E-state index in [1.54, 1.807) is 24.3 Å². The van der Waals surface area contributed by atoms with Crippen LogP contribution in [0.5, 0.6) is 0 Å². The van der Waals surface area contributed by atoms with E-state index in [4.69, 9.17) is 0 Å². The van der Waals surface area contributed by atoms with E-state index in [2.05, 4.69) is 21.2 Å². The fourth-order valence-corrected chi connectivity index (χ4v) is 4.21. The van der Waals surface area contributed by atoms with Crippen LogP contribution in [0.25, 0.3) is 0 Å². The summed E-state index contributed by atoms with van der Waals surface area (Å²) in [5, 5.41) is 13.9. The lowest BCUT2D eigenvalue weighted by molar-refractivity contribution is -0.00829. The zero-order valence-electron chi connectivity index (χ0n) is 13.8. The zero-order chi connectivity index (χ0) is 17.3. The average molecular weight is 405 g/mol. The van der Waals surface area contributed by atoms with Crippen molar-refractivity contribution in [1.29, 1.82) is 0 Å².